The fraction of sp³-hybridized carbons (Fsp3) is 0.417. The molecule has 0 radical (unpaired) electrons. The number of aromatic nitrogens is 2. The van der Waals surface area contributed by atoms with E-state index in [9.17, 15) is 9.59 Å². The Kier molecular flexibility index (Phi) is 7.46. The zero-order valence-electron chi connectivity index (χ0n) is 19.7. The summed E-state index contributed by atoms with van der Waals surface area (Å²) in [4.78, 5) is 38.3. The molecule has 0 bridgehead atoms. The van der Waals surface area contributed by atoms with Gasteiger partial charge in [-0.3, -0.25) is 9.59 Å². The highest BCUT2D eigenvalue weighted by atomic mass is 32.1. The van der Waals surface area contributed by atoms with Crippen molar-refractivity contribution >= 4 is 39.7 Å². The fourth-order valence-corrected chi connectivity index (χ4v) is 5.28. The lowest BCUT2D eigenvalue weighted by molar-refractivity contribution is -0.118. The number of thiophene rings is 1. The normalized spacial score (nSPS) is 14.1. The highest BCUT2D eigenvalue weighted by Crippen LogP contribution is 2.34. The summed E-state index contributed by atoms with van der Waals surface area (Å²) in [5.74, 6) is 2.11. The van der Waals surface area contributed by atoms with Crippen LogP contribution in [0.4, 0.5) is 5.82 Å². The van der Waals surface area contributed by atoms with Gasteiger partial charge in [-0.05, 0) is 43.0 Å². The third-order valence-electron chi connectivity index (χ3n) is 6.04. The second kappa shape index (κ2) is 10.7. The topological polar surface area (TPSA) is 96.9 Å². The van der Waals surface area contributed by atoms with Crippen molar-refractivity contribution in [3.63, 3.8) is 0 Å². The minimum Gasteiger partial charge on any atom is -0.493 e. The molecule has 1 fully saturated rings. The Bertz CT molecular complexity index is 1180. The number of carbonyl (C=O) groups excluding carboxylic acids is 2. The van der Waals surface area contributed by atoms with Crippen molar-refractivity contribution in [3.05, 3.63) is 40.5 Å². The number of anilines is 1. The Morgan fingerprint density at radius 3 is 2.74 bits per heavy atom. The van der Waals surface area contributed by atoms with Gasteiger partial charge in [-0.15, -0.1) is 11.3 Å². The van der Waals surface area contributed by atoms with Crippen LogP contribution in [0, 0.1) is 6.92 Å². The van der Waals surface area contributed by atoms with Gasteiger partial charge in [0.15, 0.2) is 11.5 Å². The summed E-state index contributed by atoms with van der Waals surface area (Å²) in [7, 11) is 3.24. The Morgan fingerprint density at radius 2 is 1.97 bits per heavy atom. The van der Waals surface area contributed by atoms with E-state index >= 15 is 0 Å². The largest absolute Gasteiger partial charge is 0.493 e. The summed E-state index contributed by atoms with van der Waals surface area (Å²) >= 11 is 1.40. The minimum atomic E-state index is -0.00970. The van der Waals surface area contributed by atoms with Crippen molar-refractivity contribution in [1.29, 1.82) is 0 Å². The average Bonchev–Trinajstić information content (AvgIpc) is 3.04. The van der Waals surface area contributed by atoms with Gasteiger partial charge in [0, 0.05) is 32.7 Å². The number of benzene rings is 1. The quantitative estimate of drug-likeness (QED) is 0.492. The minimum absolute atomic E-state index is 0.00970. The maximum atomic E-state index is 13.3. The maximum absolute atomic E-state index is 13.3. The van der Waals surface area contributed by atoms with Crippen LogP contribution in [0.15, 0.2) is 24.5 Å². The Labute approximate surface area is 202 Å². The molecule has 0 aliphatic carbocycles. The summed E-state index contributed by atoms with van der Waals surface area (Å²) < 4.78 is 10.7. The van der Waals surface area contributed by atoms with E-state index in [4.69, 9.17) is 9.47 Å². The summed E-state index contributed by atoms with van der Waals surface area (Å²) in [6.07, 6.45) is 3.92. The van der Waals surface area contributed by atoms with Crippen LogP contribution in [-0.2, 0) is 11.2 Å². The predicted octanol–water partition coefficient (Wildman–Crippen LogP) is 2.98. The van der Waals surface area contributed by atoms with Crippen molar-refractivity contribution in [1.82, 2.24) is 19.8 Å². The molecule has 34 heavy (non-hydrogen) atoms. The number of carbonyl (C=O) groups is 2. The van der Waals surface area contributed by atoms with Crippen LogP contribution in [0.25, 0.3) is 10.2 Å². The van der Waals surface area contributed by atoms with Crippen LogP contribution < -0.4 is 14.8 Å². The number of nitrogens with zero attached hydrogens (tertiary/aromatic N) is 4. The van der Waals surface area contributed by atoms with E-state index in [1.165, 1.54) is 17.7 Å². The van der Waals surface area contributed by atoms with Gasteiger partial charge in [0.2, 0.25) is 6.41 Å². The lowest BCUT2D eigenvalue weighted by Crippen LogP contribution is -2.34. The highest BCUT2D eigenvalue weighted by Gasteiger charge is 2.25. The van der Waals surface area contributed by atoms with Gasteiger partial charge >= 0.3 is 0 Å². The van der Waals surface area contributed by atoms with Crippen molar-refractivity contribution in [3.8, 4) is 11.5 Å². The molecule has 0 spiro atoms. The van der Waals surface area contributed by atoms with E-state index < -0.39 is 0 Å². The molecule has 2 aromatic heterocycles. The highest BCUT2D eigenvalue weighted by molar-refractivity contribution is 7.20. The second-order valence-electron chi connectivity index (χ2n) is 8.11. The number of ether oxygens (including phenoxy) is 2. The Hall–Kier alpha value is -3.40. The first-order valence-corrected chi connectivity index (χ1v) is 12.0. The lowest BCUT2D eigenvalue weighted by Gasteiger charge is -2.20. The molecule has 0 atom stereocenters. The van der Waals surface area contributed by atoms with Gasteiger partial charge < -0.3 is 24.6 Å². The summed E-state index contributed by atoms with van der Waals surface area (Å²) in [6, 6.07) is 5.88. The first-order valence-electron chi connectivity index (χ1n) is 11.2. The zero-order chi connectivity index (χ0) is 24.1. The van der Waals surface area contributed by atoms with Crippen molar-refractivity contribution in [2.45, 2.75) is 19.8 Å². The molecule has 1 aliphatic rings. The van der Waals surface area contributed by atoms with Crippen molar-refractivity contribution in [2.75, 3.05) is 52.3 Å². The van der Waals surface area contributed by atoms with Gasteiger partial charge in [-0.2, -0.15) is 0 Å². The number of aryl methyl sites for hydroxylation is 1. The van der Waals surface area contributed by atoms with Gasteiger partial charge in [0.05, 0.1) is 24.5 Å². The van der Waals surface area contributed by atoms with E-state index in [0.29, 0.717) is 49.1 Å². The number of nitrogens with one attached hydrogen (secondary N) is 1. The molecule has 1 saturated heterocycles. The molecular formula is C24H29N5O4S. The summed E-state index contributed by atoms with van der Waals surface area (Å²) in [5.41, 5.74) is 1.99. The Balaban J connectivity index is 1.49. The fourth-order valence-electron chi connectivity index (χ4n) is 4.16. The molecule has 2 amide bonds. The predicted molar refractivity (Wildman–Crippen MR) is 132 cm³/mol. The van der Waals surface area contributed by atoms with E-state index in [0.717, 1.165) is 46.4 Å². The van der Waals surface area contributed by atoms with Gasteiger partial charge in [-0.25, -0.2) is 9.97 Å². The third-order valence-corrected chi connectivity index (χ3v) is 7.23. The van der Waals surface area contributed by atoms with Crippen LogP contribution >= 0.6 is 11.3 Å². The summed E-state index contributed by atoms with van der Waals surface area (Å²) in [6.45, 7) is 5.02. The van der Waals surface area contributed by atoms with E-state index in [2.05, 4.69) is 15.3 Å². The van der Waals surface area contributed by atoms with Crippen LogP contribution in [0.2, 0.25) is 0 Å². The number of hydrogen-bond donors (Lipinski definition) is 1. The van der Waals surface area contributed by atoms with Crippen LogP contribution in [0.3, 0.4) is 0 Å². The lowest BCUT2D eigenvalue weighted by atomic mass is 10.1. The van der Waals surface area contributed by atoms with E-state index in [1.54, 1.807) is 19.1 Å². The van der Waals surface area contributed by atoms with Crippen molar-refractivity contribution < 1.29 is 19.1 Å². The van der Waals surface area contributed by atoms with Gasteiger partial charge in [0.25, 0.3) is 5.91 Å². The summed E-state index contributed by atoms with van der Waals surface area (Å²) in [5, 5.41) is 4.29. The molecule has 4 rings (SSSR count). The number of fused-ring (bicyclic) bond motifs is 1. The molecule has 3 aromatic rings. The van der Waals surface area contributed by atoms with Gasteiger partial charge in [0.1, 0.15) is 17.0 Å². The molecule has 3 heterocycles. The maximum Gasteiger partial charge on any atom is 0.264 e. The molecule has 9 nitrogen and oxygen atoms in total. The van der Waals surface area contributed by atoms with Crippen LogP contribution in [0.1, 0.15) is 27.2 Å². The zero-order valence-corrected chi connectivity index (χ0v) is 20.5. The third kappa shape index (κ3) is 4.91. The van der Waals surface area contributed by atoms with Crippen molar-refractivity contribution in [2.24, 2.45) is 0 Å². The molecule has 10 heteroatoms. The molecule has 1 N–H and O–H groups in total. The molecule has 1 aromatic carbocycles. The first kappa shape index (κ1) is 23.7. The number of methoxy groups -OCH3 is 2. The molecule has 0 unspecified atom stereocenters. The van der Waals surface area contributed by atoms with E-state index in [1.807, 2.05) is 30.0 Å². The SMILES string of the molecule is COc1ccc(CCNc2ncnc3sc(C(=O)N4CCCN(C=O)CC4)c(C)c23)cc1OC. The monoisotopic (exact) mass is 483 g/mol. The molecule has 0 saturated carbocycles. The molecule has 1 aliphatic heterocycles. The second-order valence-corrected chi connectivity index (χ2v) is 9.11. The van der Waals surface area contributed by atoms with Crippen LogP contribution in [0.5, 0.6) is 11.5 Å². The van der Waals surface area contributed by atoms with Crippen LogP contribution in [-0.4, -0.2) is 79.0 Å². The smallest absolute Gasteiger partial charge is 0.264 e. The first-order chi connectivity index (χ1) is 16.5. The van der Waals surface area contributed by atoms with E-state index in [-0.39, 0.29) is 5.91 Å². The van der Waals surface area contributed by atoms with Gasteiger partial charge in [-0.1, -0.05) is 6.07 Å². The number of amides is 2. The molecular weight excluding hydrogens is 454 g/mol. The Morgan fingerprint density at radius 1 is 1.15 bits per heavy atom. The average molecular weight is 484 g/mol. The standard InChI is InChI=1S/C24H29N5O4S/c1-16-20-22(25-8-7-17-5-6-18(32-2)19(13-17)33-3)26-14-27-23(20)34-21(16)24(31)29-10-4-9-28(15-30)11-12-29/h5-6,13-15H,4,7-12H2,1-3H3,(H,25,26,27). The number of rotatable bonds is 8. The molecule has 180 valence electrons. The number of hydrogen-bond acceptors (Lipinski definition) is 8.